The molecule has 2 N–H and O–H groups in total. The van der Waals surface area contributed by atoms with E-state index in [1.54, 1.807) is 9.80 Å². The number of carbonyl (C=O) groups excluding carboxylic acids is 2. The smallest absolute Gasteiger partial charge is 0.246 e. The maximum atomic E-state index is 11.5. The molecule has 0 aromatic rings. The lowest BCUT2D eigenvalue weighted by Gasteiger charge is -2.26. The van der Waals surface area contributed by atoms with Crippen molar-refractivity contribution in [2.24, 2.45) is 5.73 Å². The summed E-state index contributed by atoms with van der Waals surface area (Å²) in [5, 5.41) is 0. The van der Waals surface area contributed by atoms with Crippen LogP contribution in [0, 0.1) is 0 Å². The molecular weight excluding hydrogens is 218 g/mol. The maximum Gasteiger partial charge on any atom is 0.246 e. The van der Waals surface area contributed by atoms with E-state index in [9.17, 15) is 9.59 Å². The number of rotatable bonds is 8. The molecule has 0 aromatic carbocycles. The average Bonchev–Trinajstić information content (AvgIpc) is 2.31. The molecule has 0 aliphatic carbocycles. The molecule has 0 aliphatic heterocycles. The second kappa shape index (κ2) is 8.75. The molecule has 0 heterocycles. The van der Waals surface area contributed by atoms with E-state index < -0.39 is 0 Å². The summed E-state index contributed by atoms with van der Waals surface area (Å²) in [5.74, 6) is -0.110. The number of nitrogens with zero attached hydrogens (tertiary/aromatic N) is 2. The van der Waals surface area contributed by atoms with Gasteiger partial charge in [0.2, 0.25) is 11.8 Å². The van der Waals surface area contributed by atoms with Crippen LogP contribution in [0.25, 0.3) is 0 Å². The van der Waals surface area contributed by atoms with E-state index in [0.717, 1.165) is 6.42 Å². The molecule has 0 fully saturated rings. The van der Waals surface area contributed by atoms with Gasteiger partial charge < -0.3 is 15.5 Å². The molecule has 0 bridgehead atoms. The van der Waals surface area contributed by atoms with Gasteiger partial charge in [0.25, 0.3) is 0 Å². The summed E-state index contributed by atoms with van der Waals surface area (Å²) in [6.45, 7) is 9.67. The predicted octanol–water partition coefficient (Wildman–Crippen LogP) is 0.218. The van der Waals surface area contributed by atoms with Crippen LogP contribution < -0.4 is 5.73 Å². The molecular formula is C12H23N3O2. The van der Waals surface area contributed by atoms with Crippen molar-refractivity contribution in [2.75, 3.05) is 32.7 Å². The monoisotopic (exact) mass is 241 g/mol. The van der Waals surface area contributed by atoms with E-state index in [0.29, 0.717) is 32.7 Å². The van der Waals surface area contributed by atoms with Crippen LogP contribution in [0.5, 0.6) is 0 Å². The third kappa shape index (κ3) is 6.06. The quantitative estimate of drug-likeness (QED) is 0.618. The van der Waals surface area contributed by atoms with E-state index in [1.807, 2.05) is 6.92 Å². The van der Waals surface area contributed by atoms with Crippen LogP contribution in [0.4, 0.5) is 0 Å². The Bertz CT molecular complexity index is 266. The second-order valence-corrected chi connectivity index (χ2v) is 3.82. The van der Waals surface area contributed by atoms with Crippen molar-refractivity contribution < 1.29 is 9.59 Å². The zero-order chi connectivity index (χ0) is 13.3. The van der Waals surface area contributed by atoms with Gasteiger partial charge >= 0.3 is 0 Å². The molecule has 5 heteroatoms. The summed E-state index contributed by atoms with van der Waals surface area (Å²) < 4.78 is 0. The van der Waals surface area contributed by atoms with Crippen molar-refractivity contribution in [1.29, 1.82) is 0 Å². The average molecular weight is 241 g/mol. The van der Waals surface area contributed by atoms with Gasteiger partial charge in [-0.25, -0.2) is 0 Å². The Morgan fingerprint density at radius 3 is 2.18 bits per heavy atom. The highest BCUT2D eigenvalue weighted by Gasteiger charge is 2.12. The third-order valence-electron chi connectivity index (χ3n) is 2.46. The third-order valence-corrected chi connectivity index (χ3v) is 2.46. The van der Waals surface area contributed by atoms with Gasteiger partial charge in [0.1, 0.15) is 0 Å². The fraction of sp³-hybridized carbons (Fsp3) is 0.667. The van der Waals surface area contributed by atoms with Crippen molar-refractivity contribution in [2.45, 2.75) is 20.3 Å². The Balaban J connectivity index is 4.30. The highest BCUT2D eigenvalue weighted by atomic mass is 16.2. The molecule has 17 heavy (non-hydrogen) atoms. The zero-order valence-corrected chi connectivity index (χ0v) is 10.8. The van der Waals surface area contributed by atoms with Crippen LogP contribution in [-0.2, 0) is 9.59 Å². The first-order chi connectivity index (χ1) is 8.06. The van der Waals surface area contributed by atoms with Gasteiger partial charge in [-0.2, -0.15) is 0 Å². The fourth-order valence-electron chi connectivity index (χ4n) is 1.56. The maximum absolute atomic E-state index is 11.5. The highest BCUT2D eigenvalue weighted by molar-refractivity contribution is 5.87. The summed E-state index contributed by atoms with van der Waals surface area (Å²) in [6.07, 6.45) is 2.19. The molecule has 0 saturated carbocycles. The Morgan fingerprint density at radius 1 is 1.18 bits per heavy atom. The van der Waals surface area contributed by atoms with Gasteiger partial charge in [-0.1, -0.05) is 13.5 Å². The minimum Gasteiger partial charge on any atom is -0.340 e. The normalized spacial score (nSPS) is 9.82. The predicted molar refractivity (Wildman–Crippen MR) is 68.4 cm³/mol. The molecule has 0 aliphatic rings. The van der Waals surface area contributed by atoms with Crippen LogP contribution in [-0.4, -0.2) is 54.3 Å². The van der Waals surface area contributed by atoms with E-state index in [-0.39, 0.29) is 11.8 Å². The topological polar surface area (TPSA) is 66.6 Å². The lowest BCUT2D eigenvalue weighted by atomic mass is 10.3. The molecule has 2 amide bonds. The molecule has 0 spiro atoms. The first kappa shape index (κ1) is 15.6. The van der Waals surface area contributed by atoms with Gasteiger partial charge in [-0.3, -0.25) is 9.59 Å². The molecule has 0 rings (SSSR count). The van der Waals surface area contributed by atoms with Crippen LogP contribution in [0.15, 0.2) is 12.7 Å². The first-order valence-corrected chi connectivity index (χ1v) is 5.93. The second-order valence-electron chi connectivity index (χ2n) is 3.82. The van der Waals surface area contributed by atoms with Crippen LogP contribution >= 0.6 is 0 Å². The van der Waals surface area contributed by atoms with Gasteiger partial charge in [0.05, 0.1) is 0 Å². The molecule has 0 radical (unpaired) electrons. The molecule has 0 atom stereocenters. The van der Waals surface area contributed by atoms with Crippen molar-refractivity contribution in [3.8, 4) is 0 Å². The Labute approximate surface area is 103 Å². The molecule has 0 aromatic heterocycles. The summed E-state index contributed by atoms with van der Waals surface area (Å²) in [5.41, 5.74) is 5.43. The number of amides is 2. The van der Waals surface area contributed by atoms with Gasteiger partial charge in [-0.05, 0) is 12.5 Å². The van der Waals surface area contributed by atoms with E-state index in [4.69, 9.17) is 5.73 Å². The lowest BCUT2D eigenvalue weighted by molar-refractivity contribution is -0.131. The van der Waals surface area contributed by atoms with E-state index in [1.165, 1.54) is 13.0 Å². The summed E-state index contributed by atoms with van der Waals surface area (Å²) in [4.78, 5) is 26.2. The molecule has 5 nitrogen and oxygen atoms in total. The summed E-state index contributed by atoms with van der Waals surface area (Å²) in [6, 6.07) is 0. The van der Waals surface area contributed by atoms with Crippen molar-refractivity contribution in [3.63, 3.8) is 0 Å². The van der Waals surface area contributed by atoms with E-state index in [2.05, 4.69) is 6.58 Å². The molecule has 0 unspecified atom stereocenters. The fourth-order valence-corrected chi connectivity index (χ4v) is 1.56. The van der Waals surface area contributed by atoms with Crippen LogP contribution in [0.1, 0.15) is 20.3 Å². The number of hydrogen-bond acceptors (Lipinski definition) is 3. The van der Waals surface area contributed by atoms with Crippen LogP contribution in [0.2, 0.25) is 0 Å². The standard InChI is InChI=1S/C12H23N3O2/c1-4-7-15(12(17)5-2)10-9-14(8-6-13)11(3)16/h5H,2,4,6-10,13H2,1,3H3. The van der Waals surface area contributed by atoms with Gasteiger partial charge in [0, 0.05) is 39.6 Å². The van der Waals surface area contributed by atoms with Crippen molar-refractivity contribution in [1.82, 2.24) is 9.80 Å². The van der Waals surface area contributed by atoms with E-state index >= 15 is 0 Å². The van der Waals surface area contributed by atoms with Crippen LogP contribution in [0.3, 0.4) is 0 Å². The Morgan fingerprint density at radius 2 is 1.76 bits per heavy atom. The SMILES string of the molecule is C=CC(=O)N(CCC)CCN(CCN)C(C)=O. The number of nitrogens with two attached hydrogens (primary N) is 1. The molecule has 98 valence electrons. The minimum atomic E-state index is -0.0944. The highest BCUT2D eigenvalue weighted by Crippen LogP contribution is 1.96. The molecule has 0 saturated heterocycles. The minimum absolute atomic E-state index is 0.0158. The summed E-state index contributed by atoms with van der Waals surface area (Å²) >= 11 is 0. The van der Waals surface area contributed by atoms with Crippen molar-refractivity contribution >= 4 is 11.8 Å². The number of carbonyl (C=O) groups is 2. The zero-order valence-electron chi connectivity index (χ0n) is 10.8. The number of hydrogen-bond donors (Lipinski definition) is 1. The Hall–Kier alpha value is -1.36. The first-order valence-electron chi connectivity index (χ1n) is 5.93. The Kier molecular flexibility index (Phi) is 8.05. The van der Waals surface area contributed by atoms with Gasteiger partial charge in [-0.15, -0.1) is 0 Å². The van der Waals surface area contributed by atoms with Gasteiger partial charge in [0.15, 0.2) is 0 Å². The summed E-state index contributed by atoms with van der Waals surface area (Å²) in [7, 11) is 0. The lowest BCUT2D eigenvalue weighted by Crippen LogP contribution is -2.41. The van der Waals surface area contributed by atoms with Crippen molar-refractivity contribution in [3.05, 3.63) is 12.7 Å². The largest absolute Gasteiger partial charge is 0.340 e.